The molecule has 0 atom stereocenters. The van der Waals surface area contributed by atoms with Gasteiger partial charge in [-0.25, -0.2) is 8.42 Å². The van der Waals surface area contributed by atoms with Crippen molar-refractivity contribution >= 4 is 15.7 Å². The Hall–Kier alpha value is -1.36. The first kappa shape index (κ1) is 14.1. The molecule has 1 saturated heterocycles. The zero-order valence-corrected chi connectivity index (χ0v) is 11.9. The minimum atomic E-state index is -2.99. The molecule has 0 radical (unpaired) electrons. The molecule has 19 heavy (non-hydrogen) atoms. The smallest absolute Gasteiger partial charge is 0.222 e. The first-order valence-corrected chi connectivity index (χ1v) is 8.27. The highest BCUT2D eigenvalue weighted by atomic mass is 32.2. The van der Waals surface area contributed by atoms with Crippen molar-refractivity contribution in [2.75, 3.05) is 18.8 Å². The number of carbonyl (C=O) groups excluding carboxylic acids is 1. The fourth-order valence-electron chi connectivity index (χ4n) is 2.16. The Morgan fingerprint density at radius 2 is 1.89 bits per heavy atom. The Kier molecular flexibility index (Phi) is 4.24. The lowest BCUT2D eigenvalue weighted by Gasteiger charge is -2.38. The Labute approximate surface area is 114 Å². The van der Waals surface area contributed by atoms with Crippen LogP contribution in [0.5, 0.6) is 0 Å². The highest BCUT2D eigenvalue weighted by Crippen LogP contribution is 2.18. The molecule has 0 saturated carbocycles. The summed E-state index contributed by atoms with van der Waals surface area (Å²) in [6, 6.07) is 9.84. The Morgan fingerprint density at radius 3 is 2.47 bits per heavy atom. The molecule has 4 nitrogen and oxygen atoms in total. The summed E-state index contributed by atoms with van der Waals surface area (Å²) in [4.78, 5) is 13.5. The van der Waals surface area contributed by atoms with Crippen LogP contribution in [0.3, 0.4) is 0 Å². The summed E-state index contributed by atoms with van der Waals surface area (Å²) in [5.41, 5.74) is 1.13. The van der Waals surface area contributed by atoms with Crippen molar-refractivity contribution in [2.24, 2.45) is 0 Å². The number of sulfone groups is 1. The third kappa shape index (κ3) is 3.35. The van der Waals surface area contributed by atoms with Crippen LogP contribution in [0.25, 0.3) is 0 Å². The average molecular weight is 281 g/mol. The van der Waals surface area contributed by atoms with Gasteiger partial charge in [-0.15, -0.1) is 0 Å². The molecule has 1 fully saturated rings. The molecule has 1 aromatic rings. The number of hydrogen-bond donors (Lipinski definition) is 0. The molecule has 1 heterocycles. The number of amides is 1. The van der Waals surface area contributed by atoms with E-state index < -0.39 is 9.84 Å². The maximum Gasteiger partial charge on any atom is 0.222 e. The van der Waals surface area contributed by atoms with Gasteiger partial charge in [0, 0.05) is 25.3 Å². The summed E-state index contributed by atoms with van der Waals surface area (Å²) in [6.07, 6.45) is 1.16. The summed E-state index contributed by atoms with van der Waals surface area (Å²) in [5, 5.41) is -0.349. The van der Waals surface area contributed by atoms with Crippen molar-refractivity contribution < 1.29 is 13.2 Å². The van der Waals surface area contributed by atoms with Crippen molar-refractivity contribution in [1.82, 2.24) is 4.90 Å². The molecule has 2 rings (SSSR count). The van der Waals surface area contributed by atoms with E-state index in [-0.39, 0.29) is 16.9 Å². The van der Waals surface area contributed by atoms with E-state index in [0.29, 0.717) is 25.9 Å². The van der Waals surface area contributed by atoms with E-state index in [0.717, 1.165) is 5.56 Å². The lowest BCUT2D eigenvalue weighted by Crippen LogP contribution is -2.57. The second-order valence-electron chi connectivity index (χ2n) is 4.86. The van der Waals surface area contributed by atoms with Gasteiger partial charge in [0.05, 0.1) is 5.25 Å². The highest BCUT2D eigenvalue weighted by molar-refractivity contribution is 7.92. The van der Waals surface area contributed by atoms with E-state index in [1.165, 1.54) is 0 Å². The van der Waals surface area contributed by atoms with Gasteiger partial charge in [-0.3, -0.25) is 4.79 Å². The van der Waals surface area contributed by atoms with Crippen LogP contribution in [0, 0.1) is 0 Å². The van der Waals surface area contributed by atoms with Crippen LogP contribution in [-0.2, 0) is 21.1 Å². The van der Waals surface area contributed by atoms with Gasteiger partial charge < -0.3 is 4.90 Å². The maximum absolute atomic E-state index is 11.9. The third-order valence-electron chi connectivity index (χ3n) is 3.58. The van der Waals surface area contributed by atoms with E-state index in [1.54, 1.807) is 11.8 Å². The van der Waals surface area contributed by atoms with Crippen molar-refractivity contribution in [2.45, 2.75) is 25.0 Å². The Balaban J connectivity index is 1.78. The van der Waals surface area contributed by atoms with Crippen LogP contribution < -0.4 is 0 Å². The van der Waals surface area contributed by atoms with Crippen LogP contribution in [0.15, 0.2) is 30.3 Å². The summed E-state index contributed by atoms with van der Waals surface area (Å²) in [5.74, 6) is 0.204. The predicted molar refractivity (Wildman–Crippen MR) is 74.6 cm³/mol. The van der Waals surface area contributed by atoms with E-state index in [2.05, 4.69) is 0 Å². The fourth-order valence-corrected chi connectivity index (χ4v) is 3.44. The number of benzene rings is 1. The van der Waals surface area contributed by atoms with E-state index in [1.807, 2.05) is 30.3 Å². The largest absolute Gasteiger partial charge is 0.340 e. The quantitative estimate of drug-likeness (QED) is 0.816. The van der Waals surface area contributed by atoms with Crippen LogP contribution in [0.4, 0.5) is 0 Å². The standard InChI is InChI=1S/C14H19NO3S/c1-2-19(17,18)13-10-15(11-13)14(16)9-8-12-6-4-3-5-7-12/h3-7,13H,2,8-11H2,1H3. The van der Waals surface area contributed by atoms with Crippen molar-refractivity contribution in [1.29, 1.82) is 0 Å². The SMILES string of the molecule is CCS(=O)(=O)C1CN(C(=O)CCc2ccccc2)C1. The first-order valence-electron chi connectivity index (χ1n) is 6.56. The van der Waals surface area contributed by atoms with Crippen LogP contribution in [0.1, 0.15) is 18.9 Å². The second kappa shape index (κ2) is 5.74. The summed E-state index contributed by atoms with van der Waals surface area (Å²) in [7, 11) is -2.99. The van der Waals surface area contributed by atoms with Gasteiger partial charge in [0.2, 0.25) is 5.91 Å². The van der Waals surface area contributed by atoms with E-state index in [9.17, 15) is 13.2 Å². The van der Waals surface area contributed by atoms with Gasteiger partial charge in [-0.2, -0.15) is 0 Å². The Bertz CT molecular complexity index is 533. The number of carbonyl (C=O) groups is 1. The molecule has 1 aliphatic heterocycles. The van der Waals surface area contributed by atoms with Gasteiger partial charge in [-0.1, -0.05) is 37.3 Å². The molecular formula is C14H19NO3S. The normalized spacial score (nSPS) is 16.2. The number of aryl methyl sites for hydroxylation is 1. The first-order chi connectivity index (χ1) is 9.03. The lowest BCUT2D eigenvalue weighted by atomic mass is 10.1. The zero-order valence-electron chi connectivity index (χ0n) is 11.1. The monoisotopic (exact) mass is 281 g/mol. The molecule has 0 spiro atoms. The van der Waals surface area contributed by atoms with Gasteiger partial charge >= 0.3 is 0 Å². The van der Waals surface area contributed by atoms with Gasteiger partial charge in [0.25, 0.3) is 0 Å². The fraction of sp³-hybridized carbons (Fsp3) is 0.500. The molecule has 0 aliphatic carbocycles. The number of likely N-dealkylation sites (tertiary alicyclic amines) is 1. The van der Waals surface area contributed by atoms with Gasteiger partial charge in [-0.05, 0) is 12.0 Å². The van der Waals surface area contributed by atoms with Gasteiger partial charge in [0.15, 0.2) is 9.84 Å². The van der Waals surface area contributed by atoms with Gasteiger partial charge in [0.1, 0.15) is 0 Å². The van der Waals surface area contributed by atoms with E-state index in [4.69, 9.17) is 0 Å². The molecule has 0 unspecified atom stereocenters. The number of rotatable bonds is 5. The predicted octanol–water partition coefficient (Wildman–Crippen LogP) is 1.26. The average Bonchev–Trinajstić information content (AvgIpc) is 2.35. The molecule has 1 aliphatic rings. The molecule has 1 amide bonds. The van der Waals surface area contributed by atoms with Crippen molar-refractivity contribution in [3.05, 3.63) is 35.9 Å². The second-order valence-corrected chi connectivity index (χ2v) is 7.43. The minimum Gasteiger partial charge on any atom is -0.340 e. The summed E-state index contributed by atoms with van der Waals surface area (Å²) in [6.45, 7) is 2.38. The summed E-state index contributed by atoms with van der Waals surface area (Å²) < 4.78 is 23.2. The molecule has 0 aromatic heterocycles. The van der Waals surface area contributed by atoms with Crippen LogP contribution in [-0.4, -0.2) is 43.3 Å². The minimum absolute atomic E-state index is 0.0476. The van der Waals surface area contributed by atoms with Crippen molar-refractivity contribution in [3.8, 4) is 0 Å². The molecule has 0 N–H and O–H groups in total. The number of hydrogen-bond acceptors (Lipinski definition) is 3. The lowest BCUT2D eigenvalue weighted by molar-refractivity contribution is -0.134. The van der Waals surface area contributed by atoms with Crippen LogP contribution >= 0.6 is 0 Å². The molecule has 5 heteroatoms. The van der Waals surface area contributed by atoms with E-state index >= 15 is 0 Å². The zero-order chi connectivity index (χ0) is 13.9. The Morgan fingerprint density at radius 1 is 1.26 bits per heavy atom. The van der Waals surface area contributed by atoms with Crippen LogP contribution in [0.2, 0.25) is 0 Å². The highest BCUT2D eigenvalue weighted by Gasteiger charge is 2.38. The maximum atomic E-state index is 11.9. The van der Waals surface area contributed by atoms with Crippen molar-refractivity contribution in [3.63, 3.8) is 0 Å². The molecule has 104 valence electrons. The molecular weight excluding hydrogens is 262 g/mol. The molecule has 0 bridgehead atoms. The number of nitrogens with zero attached hydrogens (tertiary/aromatic N) is 1. The molecule has 1 aromatic carbocycles. The summed E-state index contributed by atoms with van der Waals surface area (Å²) >= 11 is 0. The third-order valence-corrected chi connectivity index (χ3v) is 5.70. The topological polar surface area (TPSA) is 54.5 Å².